The van der Waals surface area contributed by atoms with Gasteiger partial charge in [-0.25, -0.2) is 0 Å². The highest BCUT2D eigenvalue weighted by Crippen LogP contribution is 2.44. The number of benzene rings is 2. The van der Waals surface area contributed by atoms with Gasteiger partial charge in [0.25, 0.3) is 0 Å². The average Bonchev–Trinajstić information content (AvgIpc) is 3.50. The molecule has 5 atom stereocenters. The van der Waals surface area contributed by atoms with Crippen molar-refractivity contribution in [3.05, 3.63) is 95.9 Å². The van der Waals surface area contributed by atoms with Gasteiger partial charge in [0, 0.05) is 6.54 Å². The number of furan rings is 1. The second-order valence-corrected chi connectivity index (χ2v) is 8.87. The van der Waals surface area contributed by atoms with Crippen LogP contribution in [0.25, 0.3) is 0 Å². The molecule has 1 aromatic heterocycles. The summed E-state index contributed by atoms with van der Waals surface area (Å²) < 4.78 is 30.6. The molecular weight excluding hydrogens is 422 g/mol. The first-order valence-corrected chi connectivity index (χ1v) is 11.2. The molecule has 0 bridgehead atoms. The Balaban J connectivity index is 1.43. The highest BCUT2D eigenvalue weighted by Gasteiger charge is 2.58. The van der Waals surface area contributed by atoms with E-state index in [4.69, 9.17) is 23.4 Å². The zero-order valence-electron chi connectivity index (χ0n) is 18.7. The highest BCUT2D eigenvalue weighted by atomic mass is 16.8. The zero-order chi connectivity index (χ0) is 22.8. The lowest BCUT2D eigenvalue weighted by molar-refractivity contribution is -0.248. The Labute approximate surface area is 193 Å². The van der Waals surface area contributed by atoms with Gasteiger partial charge in [-0.15, -0.1) is 0 Å². The minimum atomic E-state index is -0.780. The molecule has 0 spiro atoms. The lowest BCUT2D eigenvalue weighted by Crippen LogP contribution is -2.44. The molecule has 3 aromatic rings. The van der Waals surface area contributed by atoms with Crippen LogP contribution in [0.3, 0.4) is 0 Å². The summed E-state index contributed by atoms with van der Waals surface area (Å²) in [7, 11) is 0. The molecule has 1 N–H and O–H groups in total. The summed E-state index contributed by atoms with van der Waals surface area (Å²) in [6.07, 6.45) is -0.522. The summed E-state index contributed by atoms with van der Waals surface area (Å²) in [6.45, 7) is 4.39. The Morgan fingerprint density at radius 2 is 1.64 bits per heavy atom. The zero-order valence-corrected chi connectivity index (χ0v) is 18.7. The third kappa shape index (κ3) is 4.89. The maximum Gasteiger partial charge on any atom is 0.190 e. The van der Waals surface area contributed by atoms with Crippen LogP contribution in [0.1, 0.15) is 36.8 Å². The molecule has 5 rings (SSSR count). The minimum Gasteiger partial charge on any atom is -0.467 e. The molecule has 7 nitrogen and oxygen atoms in total. The van der Waals surface area contributed by atoms with Crippen LogP contribution in [-0.4, -0.2) is 40.7 Å². The van der Waals surface area contributed by atoms with E-state index in [0.717, 1.165) is 11.1 Å². The SMILES string of the molecule is CC1(C)O[C@H]2O[C@H]([C@@H](c3ccco3)N(O)Cc3ccccc3)[C@H](OCc3ccccc3)[C@H]2O1. The van der Waals surface area contributed by atoms with E-state index in [-0.39, 0.29) is 0 Å². The third-order valence-corrected chi connectivity index (χ3v) is 5.97. The van der Waals surface area contributed by atoms with Crippen molar-refractivity contribution in [2.24, 2.45) is 0 Å². The van der Waals surface area contributed by atoms with E-state index in [9.17, 15) is 5.21 Å². The molecule has 33 heavy (non-hydrogen) atoms. The Morgan fingerprint density at radius 1 is 0.939 bits per heavy atom. The van der Waals surface area contributed by atoms with Crippen molar-refractivity contribution >= 4 is 0 Å². The molecule has 0 unspecified atom stereocenters. The topological polar surface area (TPSA) is 73.5 Å². The van der Waals surface area contributed by atoms with Crippen molar-refractivity contribution < 1.29 is 28.6 Å². The van der Waals surface area contributed by atoms with E-state index in [1.165, 1.54) is 5.06 Å². The van der Waals surface area contributed by atoms with Gasteiger partial charge in [-0.1, -0.05) is 60.7 Å². The molecule has 3 heterocycles. The van der Waals surface area contributed by atoms with Crippen LogP contribution >= 0.6 is 0 Å². The van der Waals surface area contributed by atoms with Crippen molar-refractivity contribution in [2.75, 3.05) is 0 Å². The molecule has 2 aromatic carbocycles. The van der Waals surface area contributed by atoms with Gasteiger partial charge in [-0.3, -0.25) is 0 Å². The fraction of sp³-hybridized carbons (Fsp3) is 0.385. The first-order valence-electron chi connectivity index (χ1n) is 11.2. The van der Waals surface area contributed by atoms with E-state index >= 15 is 0 Å². The number of ether oxygens (including phenoxy) is 4. The Bertz CT molecular complexity index is 1010. The molecule has 2 fully saturated rings. The smallest absolute Gasteiger partial charge is 0.190 e. The van der Waals surface area contributed by atoms with Crippen LogP contribution in [-0.2, 0) is 32.1 Å². The lowest BCUT2D eigenvalue weighted by atomic mass is 10.00. The lowest BCUT2D eigenvalue weighted by Gasteiger charge is -2.34. The molecule has 0 radical (unpaired) electrons. The van der Waals surface area contributed by atoms with Gasteiger partial charge in [0.05, 0.1) is 12.9 Å². The summed E-state index contributed by atoms with van der Waals surface area (Å²) in [4.78, 5) is 0. The number of rotatable bonds is 8. The summed E-state index contributed by atoms with van der Waals surface area (Å²) in [6, 6.07) is 22.7. The van der Waals surface area contributed by atoms with Crippen LogP contribution in [0.15, 0.2) is 83.5 Å². The molecule has 2 aliphatic rings. The molecule has 2 aliphatic heterocycles. The average molecular weight is 452 g/mol. The van der Waals surface area contributed by atoms with Gasteiger partial charge in [-0.2, -0.15) is 5.06 Å². The first kappa shape index (κ1) is 22.3. The molecule has 7 heteroatoms. The molecule has 2 saturated heterocycles. The highest BCUT2D eigenvalue weighted by molar-refractivity contribution is 5.17. The van der Waals surface area contributed by atoms with Crippen molar-refractivity contribution in [3.8, 4) is 0 Å². The van der Waals surface area contributed by atoms with Crippen LogP contribution in [0.4, 0.5) is 0 Å². The van der Waals surface area contributed by atoms with E-state index in [1.807, 2.05) is 80.6 Å². The number of fused-ring (bicyclic) bond motifs is 1. The maximum absolute atomic E-state index is 11.2. The second-order valence-electron chi connectivity index (χ2n) is 8.87. The molecule has 0 saturated carbocycles. The van der Waals surface area contributed by atoms with Gasteiger partial charge in [0.1, 0.15) is 30.1 Å². The van der Waals surface area contributed by atoms with Crippen molar-refractivity contribution in [1.29, 1.82) is 0 Å². The van der Waals surface area contributed by atoms with E-state index in [1.54, 1.807) is 12.3 Å². The summed E-state index contributed by atoms with van der Waals surface area (Å²) in [5, 5.41) is 12.5. The van der Waals surface area contributed by atoms with Crippen molar-refractivity contribution in [3.63, 3.8) is 0 Å². The predicted octanol–water partition coefficient (Wildman–Crippen LogP) is 4.67. The van der Waals surface area contributed by atoms with Crippen LogP contribution in [0.2, 0.25) is 0 Å². The summed E-state index contributed by atoms with van der Waals surface area (Å²) in [5.74, 6) is -0.205. The fourth-order valence-electron chi connectivity index (χ4n) is 4.52. The predicted molar refractivity (Wildman–Crippen MR) is 119 cm³/mol. The number of hydrogen-bond acceptors (Lipinski definition) is 7. The molecular formula is C26H29NO6. The quantitative estimate of drug-likeness (QED) is 0.499. The van der Waals surface area contributed by atoms with Gasteiger partial charge in [0.2, 0.25) is 0 Å². The first-order chi connectivity index (χ1) is 16.0. The van der Waals surface area contributed by atoms with E-state index in [0.29, 0.717) is 18.9 Å². The van der Waals surface area contributed by atoms with Gasteiger partial charge >= 0.3 is 0 Å². The van der Waals surface area contributed by atoms with Crippen LogP contribution < -0.4 is 0 Å². The Morgan fingerprint density at radius 3 is 2.30 bits per heavy atom. The van der Waals surface area contributed by atoms with Crippen LogP contribution in [0, 0.1) is 0 Å². The largest absolute Gasteiger partial charge is 0.467 e. The van der Waals surface area contributed by atoms with Gasteiger partial charge in [0.15, 0.2) is 12.1 Å². The number of hydroxylamine groups is 2. The third-order valence-electron chi connectivity index (χ3n) is 5.97. The van der Waals surface area contributed by atoms with Gasteiger partial charge in [-0.05, 0) is 37.1 Å². The normalized spacial score (nSPS) is 27.0. The minimum absolute atomic E-state index is 0.292. The van der Waals surface area contributed by atoms with E-state index < -0.39 is 36.4 Å². The standard InChI is InChI=1S/C26H29NO6/c1-26(2)32-24-23(30-17-19-12-7-4-8-13-19)22(31-25(24)33-26)21(20-14-9-15-29-20)27(28)16-18-10-5-3-6-11-18/h3-15,21-25,28H,16-17H2,1-2H3/t21-,22-,23+,24-,25-/m1/s1. The second kappa shape index (κ2) is 9.38. The monoisotopic (exact) mass is 451 g/mol. The van der Waals surface area contributed by atoms with Gasteiger partial charge < -0.3 is 28.6 Å². The molecule has 174 valence electrons. The molecule has 0 amide bonds. The molecule has 0 aliphatic carbocycles. The number of hydrogen-bond donors (Lipinski definition) is 1. The Hall–Kier alpha value is -2.52. The Kier molecular flexibility index (Phi) is 6.34. The summed E-state index contributed by atoms with van der Waals surface area (Å²) in [5.41, 5.74) is 2.00. The summed E-state index contributed by atoms with van der Waals surface area (Å²) >= 11 is 0. The van der Waals surface area contributed by atoms with Crippen molar-refractivity contribution in [2.45, 2.75) is 63.4 Å². The van der Waals surface area contributed by atoms with E-state index in [2.05, 4.69) is 0 Å². The number of nitrogens with zero attached hydrogens (tertiary/aromatic N) is 1. The van der Waals surface area contributed by atoms with Crippen molar-refractivity contribution in [1.82, 2.24) is 5.06 Å². The van der Waals surface area contributed by atoms with Crippen LogP contribution in [0.5, 0.6) is 0 Å². The maximum atomic E-state index is 11.2. The fourth-order valence-corrected chi connectivity index (χ4v) is 4.52.